The van der Waals surface area contributed by atoms with Gasteiger partial charge in [-0.3, -0.25) is 0 Å². The zero-order chi connectivity index (χ0) is 11.6. The molecule has 0 bridgehead atoms. The van der Waals surface area contributed by atoms with Crippen LogP contribution in [0.1, 0.15) is 20.8 Å². The normalized spacial score (nSPS) is 13.7. The quantitative estimate of drug-likeness (QED) is 0.856. The number of hydrogen-bond donors (Lipinski definition) is 2. The summed E-state index contributed by atoms with van der Waals surface area (Å²) in [4.78, 5) is 11.3. The van der Waals surface area contributed by atoms with Gasteiger partial charge in [0, 0.05) is 0 Å². The molecule has 0 aliphatic heterocycles. The van der Waals surface area contributed by atoms with Crippen molar-refractivity contribution in [1.29, 1.82) is 0 Å². The molecular formula is C8H12Cl2N4O. The first-order chi connectivity index (χ1) is 6.81. The molecule has 2 N–H and O–H groups in total. The van der Waals surface area contributed by atoms with E-state index in [0.29, 0.717) is 0 Å². The van der Waals surface area contributed by atoms with Crippen LogP contribution in [0.15, 0.2) is 0 Å². The maximum Gasteiger partial charge on any atom is 0.228 e. The van der Waals surface area contributed by atoms with E-state index in [1.165, 1.54) is 0 Å². The minimum absolute atomic E-state index is 0.0129. The van der Waals surface area contributed by atoms with E-state index in [1.807, 2.05) is 13.8 Å². The Hall–Kier alpha value is -0.650. The summed E-state index contributed by atoms with van der Waals surface area (Å²) >= 11 is 11.2. The summed E-state index contributed by atoms with van der Waals surface area (Å²) in [7, 11) is 0. The Kier molecular flexibility index (Phi) is 3.70. The molecule has 0 aromatic carbocycles. The number of aromatic nitrogens is 3. The van der Waals surface area contributed by atoms with Crippen molar-refractivity contribution in [3.8, 4) is 0 Å². The van der Waals surface area contributed by atoms with E-state index >= 15 is 0 Å². The van der Waals surface area contributed by atoms with Gasteiger partial charge in [0.15, 0.2) is 0 Å². The number of aliphatic hydroxyl groups is 1. The largest absolute Gasteiger partial charge is 0.391 e. The highest BCUT2D eigenvalue weighted by Crippen LogP contribution is 2.17. The van der Waals surface area contributed by atoms with Gasteiger partial charge in [-0.2, -0.15) is 15.0 Å². The average molecular weight is 251 g/mol. The Morgan fingerprint density at radius 3 is 2.07 bits per heavy atom. The minimum Gasteiger partial charge on any atom is -0.391 e. The summed E-state index contributed by atoms with van der Waals surface area (Å²) in [5.74, 6) is 0.242. The Morgan fingerprint density at radius 1 is 1.20 bits per heavy atom. The van der Waals surface area contributed by atoms with Crippen molar-refractivity contribution in [2.45, 2.75) is 32.4 Å². The van der Waals surface area contributed by atoms with Gasteiger partial charge in [-0.1, -0.05) is 0 Å². The second-order valence-electron chi connectivity index (χ2n) is 3.72. The Balaban J connectivity index is 2.89. The van der Waals surface area contributed by atoms with Crippen molar-refractivity contribution in [3.63, 3.8) is 0 Å². The molecular weight excluding hydrogens is 239 g/mol. The minimum atomic E-state index is -0.577. The number of halogens is 2. The molecule has 0 fully saturated rings. The van der Waals surface area contributed by atoms with Crippen LogP contribution in [0.4, 0.5) is 5.95 Å². The van der Waals surface area contributed by atoms with Crippen LogP contribution in [0.25, 0.3) is 0 Å². The summed E-state index contributed by atoms with van der Waals surface area (Å²) < 4.78 is 0. The average Bonchev–Trinajstić information content (AvgIpc) is 1.99. The van der Waals surface area contributed by atoms with E-state index < -0.39 is 11.6 Å². The molecule has 0 spiro atoms. The van der Waals surface area contributed by atoms with Gasteiger partial charge in [-0.05, 0) is 44.0 Å². The summed E-state index contributed by atoms with van der Waals surface area (Å²) in [6.07, 6.45) is -0.577. The molecule has 1 aromatic rings. The van der Waals surface area contributed by atoms with Crippen LogP contribution in [0.3, 0.4) is 0 Å². The van der Waals surface area contributed by atoms with Crippen molar-refractivity contribution in [1.82, 2.24) is 15.0 Å². The van der Waals surface area contributed by atoms with Crippen molar-refractivity contribution in [2.75, 3.05) is 5.32 Å². The SMILES string of the molecule is CC(O)C(C)(C)Nc1nc(Cl)nc(Cl)n1. The van der Waals surface area contributed by atoms with E-state index in [2.05, 4.69) is 20.3 Å². The fourth-order valence-corrected chi connectivity index (χ4v) is 1.14. The molecule has 84 valence electrons. The first kappa shape index (κ1) is 12.4. The van der Waals surface area contributed by atoms with Crippen LogP contribution in [0, 0.1) is 0 Å². The topological polar surface area (TPSA) is 70.9 Å². The van der Waals surface area contributed by atoms with E-state index in [1.54, 1.807) is 6.92 Å². The van der Waals surface area contributed by atoms with Crippen molar-refractivity contribution < 1.29 is 5.11 Å². The molecule has 0 aliphatic rings. The lowest BCUT2D eigenvalue weighted by molar-refractivity contribution is 0.132. The Morgan fingerprint density at radius 2 is 1.67 bits per heavy atom. The fourth-order valence-electron chi connectivity index (χ4n) is 0.774. The number of rotatable bonds is 3. The standard InChI is InChI=1S/C8H12Cl2N4O/c1-4(15)8(2,3)14-7-12-5(9)11-6(10)13-7/h4,15H,1-3H3,(H,11,12,13,14). The number of nitrogens with one attached hydrogen (secondary N) is 1. The molecule has 0 radical (unpaired) electrons. The number of hydrogen-bond acceptors (Lipinski definition) is 5. The Bertz CT molecular complexity index is 336. The molecule has 1 unspecified atom stereocenters. The van der Waals surface area contributed by atoms with Crippen LogP contribution < -0.4 is 5.32 Å². The highest BCUT2D eigenvalue weighted by Gasteiger charge is 2.25. The van der Waals surface area contributed by atoms with Gasteiger partial charge in [0.2, 0.25) is 16.5 Å². The molecule has 7 heteroatoms. The lowest BCUT2D eigenvalue weighted by Gasteiger charge is -2.29. The number of anilines is 1. The van der Waals surface area contributed by atoms with Crippen LogP contribution in [-0.4, -0.2) is 31.7 Å². The molecule has 0 amide bonds. The van der Waals surface area contributed by atoms with Crippen LogP contribution in [-0.2, 0) is 0 Å². The monoisotopic (exact) mass is 250 g/mol. The highest BCUT2D eigenvalue weighted by atomic mass is 35.5. The maximum absolute atomic E-state index is 9.48. The molecule has 15 heavy (non-hydrogen) atoms. The van der Waals surface area contributed by atoms with E-state index in [4.69, 9.17) is 23.2 Å². The third-order valence-corrected chi connectivity index (χ3v) is 2.40. The predicted molar refractivity (Wildman–Crippen MR) is 59.2 cm³/mol. The van der Waals surface area contributed by atoms with Crippen molar-refractivity contribution in [2.24, 2.45) is 0 Å². The Labute approximate surface area is 97.9 Å². The molecule has 1 aromatic heterocycles. The van der Waals surface area contributed by atoms with Gasteiger partial charge >= 0.3 is 0 Å². The molecule has 1 atom stereocenters. The van der Waals surface area contributed by atoms with E-state index in [9.17, 15) is 5.11 Å². The van der Waals surface area contributed by atoms with Gasteiger partial charge in [0.05, 0.1) is 11.6 Å². The third-order valence-electron chi connectivity index (χ3n) is 2.06. The smallest absolute Gasteiger partial charge is 0.228 e. The zero-order valence-corrected chi connectivity index (χ0v) is 10.1. The van der Waals surface area contributed by atoms with Gasteiger partial charge in [0.25, 0.3) is 0 Å². The van der Waals surface area contributed by atoms with Gasteiger partial charge < -0.3 is 10.4 Å². The summed E-state index contributed by atoms with van der Waals surface area (Å²) in [6.45, 7) is 5.28. The van der Waals surface area contributed by atoms with Gasteiger partial charge in [-0.25, -0.2) is 0 Å². The van der Waals surface area contributed by atoms with Gasteiger partial charge in [0.1, 0.15) is 0 Å². The predicted octanol–water partition coefficient (Wildman–Crippen LogP) is 1.75. The zero-order valence-electron chi connectivity index (χ0n) is 8.62. The van der Waals surface area contributed by atoms with E-state index in [0.717, 1.165) is 0 Å². The fraction of sp³-hybridized carbons (Fsp3) is 0.625. The second-order valence-corrected chi connectivity index (χ2v) is 4.40. The van der Waals surface area contributed by atoms with Crippen LogP contribution >= 0.6 is 23.2 Å². The molecule has 0 aliphatic carbocycles. The maximum atomic E-state index is 9.48. The first-order valence-electron chi connectivity index (χ1n) is 4.34. The van der Waals surface area contributed by atoms with Gasteiger partial charge in [-0.15, -0.1) is 0 Å². The first-order valence-corrected chi connectivity index (χ1v) is 5.10. The second kappa shape index (κ2) is 4.47. The van der Waals surface area contributed by atoms with Crippen molar-refractivity contribution in [3.05, 3.63) is 10.6 Å². The van der Waals surface area contributed by atoms with Crippen molar-refractivity contribution >= 4 is 29.2 Å². The van der Waals surface area contributed by atoms with E-state index in [-0.39, 0.29) is 16.5 Å². The molecule has 0 saturated heterocycles. The third kappa shape index (κ3) is 3.44. The molecule has 0 saturated carbocycles. The molecule has 5 nitrogen and oxygen atoms in total. The lowest BCUT2D eigenvalue weighted by atomic mass is 9.99. The summed E-state index contributed by atoms with van der Waals surface area (Å²) in [5.41, 5.74) is -0.575. The molecule has 1 heterocycles. The lowest BCUT2D eigenvalue weighted by Crippen LogP contribution is -2.42. The number of aliphatic hydroxyl groups excluding tert-OH is 1. The van der Waals surface area contributed by atoms with Crippen LogP contribution in [0.2, 0.25) is 10.6 Å². The molecule has 1 rings (SSSR count). The number of nitrogens with zero attached hydrogens (tertiary/aromatic N) is 3. The van der Waals surface area contributed by atoms with Crippen LogP contribution in [0.5, 0.6) is 0 Å². The summed E-state index contributed by atoms with van der Waals surface area (Å²) in [6, 6.07) is 0. The summed E-state index contributed by atoms with van der Waals surface area (Å²) in [5, 5.41) is 12.4. The highest BCUT2D eigenvalue weighted by molar-refractivity contribution is 6.31.